The van der Waals surface area contributed by atoms with Crippen LogP contribution < -0.4 is 5.73 Å². The minimum Gasteiger partial charge on any atom is -0.409 e. The summed E-state index contributed by atoms with van der Waals surface area (Å²) in [6, 6.07) is 13.0. The third-order valence-electron chi connectivity index (χ3n) is 2.69. The molecular weight excluding hydrogens is 315 g/mol. The van der Waals surface area contributed by atoms with Crippen LogP contribution in [-0.4, -0.2) is 11.0 Å². The van der Waals surface area contributed by atoms with Crippen LogP contribution in [-0.2, 0) is 5.75 Å². The molecule has 3 nitrogen and oxygen atoms in total. The van der Waals surface area contributed by atoms with E-state index in [0.717, 1.165) is 16.0 Å². The molecule has 104 valence electrons. The second-order valence-electron chi connectivity index (χ2n) is 4.01. The van der Waals surface area contributed by atoms with Gasteiger partial charge in [-0.3, -0.25) is 0 Å². The highest BCUT2D eigenvalue weighted by Gasteiger charge is 2.07. The summed E-state index contributed by atoms with van der Waals surface area (Å²) in [7, 11) is 0. The summed E-state index contributed by atoms with van der Waals surface area (Å²) in [6.45, 7) is 0. The van der Waals surface area contributed by atoms with Crippen LogP contribution in [0.25, 0.3) is 0 Å². The van der Waals surface area contributed by atoms with Gasteiger partial charge in [0.1, 0.15) is 0 Å². The molecule has 0 aromatic heterocycles. The Morgan fingerprint density at radius 1 is 1.15 bits per heavy atom. The molecule has 20 heavy (non-hydrogen) atoms. The number of rotatable bonds is 4. The van der Waals surface area contributed by atoms with Crippen molar-refractivity contribution in [2.45, 2.75) is 10.6 Å². The van der Waals surface area contributed by atoms with Gasteiger partial charge in [-0.2, -0.15) is 0 Å². The summed E-state index contributed by atoms with van der Waals surface area (Å²) in [4.78, 5) is 1.01. The Hall–Kier alpha value is -1.36. The van der Waals surface area contributed by atoms with Crippen molar-refractivity contribution in [2.24, 2.45) is 10.9 Å². The summed E-state index contributed by atoms with van der Waals surface area (Å²) in [5, 5.41) is 12.9. The molecule has 0 fully saturated rings. The molecule has 0 saturated heterocycles. The minimum atomic E-state index is 0.107. The van der Waals surface area contributed by atoms with E-state index in [1.54, 1.807) is 17.8 Å². The lowest BCUT2D eigenvalue weighted by Gasteiger charge is -2.08. The van der Waals surface area contributed by atoms with E-state index in [-0.39, 0.29) is 5.84 Å². The van der Waals surface area contributed by atoms with Gasteiger partial charge >= 0.3 is 0 Å². The molecule has 0 unspecified atom stereocenters. The molecule has 2 rings (SSSR count). The van der Waals surface area contributed by atoms with Crippen LogP contribution in [0.3, 0.4) is 0 Å². The van der Waals surface area contributed by atoms with Crippen LogP contribution in [0.1, 0.15) is 11.1 Å². The molecule has 6 heteroatoms. The number of thioether (sulfide) groups is 1. The molecule has 2 aromatic carbocycles. The molecule has 0 atom stereocenters. The predicted molar refractivity (Wildman–Crippen MR) is 85.0 cm³/mol. The van der Waals surface area contributed by atoms with Crippen LogP contribution in [0, 0.1) is 0 Å². The van der Waals surface area contributed by atoms with E-state index >= 15 is 0 Å². The average Bonchev–Trinajstić information content (AvgIpc) is 2.48. The van der Waals surface area contributed by atoms with Gasteiger partial charge in [0.25, 0.3) is 0 Å². The quantitative estimate of drug-likeness (QED) is 0.288. The molecule has 0 aliphatic rings. The maximum atomic E-state index is 8.79. The van der Waals surface area contributed by atoms with Crippen LogP contribution in [0.5, 0.6) is 0 Å². The standard InChI is InChI=1S/C14H12Cl2N2OS/c15-12-6-5-10(7-13(12)16)20-8-9-3-1-2-4-11(9)14(17)18-19/h1-7,19H,8H2,(H2,17,18). The van der Waals surface area contributed by atoms with Crippen molar-refractivity contribution in [2.75, 3.05) is 0 Å². The number of nitrogens with zero attached hydrogens (tertiary/aromatic N) is 1. The molecule has 0 spiro atoms. The van der Waals surface area contributed by atoms with Crippen molar-refractivity contribution in [3.05, 3.63) is 63.6 Å². The highest BCUT2D eigenvalue weighted by molar-refractivity contribution is 7.98. The molecule has 0 amide bonds. The zero-order chi connectivity index (χ0) is 14.5. The average molecular weight is 327 g/mol. The Morgan fingerprint density at radius 3 is 2.60 bits per heavy atom. The largest absolute Gasteiger partial charge is 0.409 e. The number of oxime groups is 1. The Labute approximate surface area is 131 Å². The Balaban J connectivity index is 2.17. The first-order valence-electron chi connectivity index (χ1n) is 5.75. The van der Waals surface area contributed by atoms with Gasteiger partial charge in [0, 0.05) is 16.2 Å². The second-order valence-corrected chi connectivity index (χ2v) is 5.87. The fourth-order valence-corrected chi connectivity index (χ4v) is 2.98. The Morgan fingerprint density at radius 2 is 1.90 bits per heavy atom. The molecule has 0 saturated carbocycles. The lowest BCUT2D eigenvalue weighted by atomic mass is 10.1. The summed E-state index contributed by atoms with van der Waals surface area (Å²) >= 11 is 13.5. The van der Waals surface area contributed by atoms with Crippen LogP contribution in [0.4, 0.5) is 0 Å². The molecule has 0 aliphatic carbocycles. The van der Waals surface area contributed by atoms with Gasteiger partial charge in [-0.15, -0.1) is 11.8 Å². The van der Waals surface area contributed by atoms with Gasteiger partial charge in [0.05, 0.1) is 10.0 Å². The van der Waals surface area contributed by atoms with Crippen molar-refractivity contribution in [3.8, 4) is 0 Å². The first-order chi connectivity index (χ1) is 9.61. The first-order valence-corrected chi connectivity index (χ1v) is 7.49. The van der Waals surface area contributed by atoms with Crippen molar-refractivity contribution < 1.29 is 5.21 Å². The van der Waals surface area contributed by atoms with Crippen molar-refractivity contribution in [1.82, 2.24) is 0 Å². The van der Waals surface area contributed by atoms with Gasteiger partial charge in [-0.1, -0.05) is 52.6 Å². The van der Waals surface area contributed by atoms with E-state index in [9.17, 15) is 0 Å². The number of amidine groups is 1. The summed E-state index contributed by atoms with van der Waals surface area (Å²) in [6.07, 6.45) is 0. The second kappa shape index (κ2) is 6.88. The van der Waals surface area contributed by atoms with E-state index in [1.807, 2.05) is 36.4 Å². The van der Waals surface area contributed by atoms with Crippen molar-refractivity contribution in [1.29, 1.82) is 0 Å². The van der Waals surface area contributed by atoms with Gasteiger partial charge < -0.3 is 10.9 Å². The summed E-state index contributed by atoms with van der Waals surface area (Å²) < 4.78 is 0. The van der Waals surface area contributed by atoms with E-state index < -0.39 is 0 Å². The zero-order valence-corrected chi connectivity index (χ0v) is 12.7. The van der Waals surface area contributed by atoms with Crippen LogP contribution in [0.15, 0.2) is 52.5 Å². The SMILES string of the molecule is NC(=NO)c1ccccc1CSc1ccc(Cl)c(Cl)c1. The van der Waals surface area contributed by atoms with Crippen LogP contribution >= 0.6 is 35.0 Å². The lowest BCUT2D eigenvalue weighted by molar-refractivity contribution is 0.318. The number of halogens is 2. The lowest BCUT2D eigenvalue weighted by Crippen LogP contribution is -2.15. The van der Waals surface area contributed by atoms with Gasteiger partial charge in [-0.05, 0) is 23.8 Å². The van der Waals surface area contributed by atoms with Crippen molar-refractivity contribution in [3.63, 3.8) is 0 Å². The van der Waals surface area contributed by atoms with Crippen LogP contribution in [0.2, 0.25) is 10.0 Å². The van der Waals surface area contributed by atoms with Gasteiger partial charge in [0.15, 0.2) is 5.84 Å². The van der Waals surface area contributed by atoms with E-state index in [4.69, 9.17) is 34.1 Å². The first kappa shape index (κ1) is 15.0. The maximum absolute atomic E-state index is 8.79. The highest BCUT2D eigenvalue weighted by atomic mass is 35.5. The zero-order valence-electron chi connectivity index (χ0n) is 10.4. The molecular formula is C14H12Cl2N2OS. The molecule has 2 aromatic rings. The Kier molecular flexibility index (Phi) is 5.17. The van der Waals surface area contributed by atoms with E-state index in [2.05, 4.69) is 5.16 Å². The predicted octanol–water partition coefficient (Wildman–Crippen LogP) is 4.38. The van der Waals surface area contributed by atoms with Gasteiger partial charge in [-0.25, -0.2) is 0 Å². The number of hydrogen-bond acceptors (Lipinski definition) is 3. The Bertz CT molecular complexity index is 647. The number of nitrogens with two attached hydrogens (primary N) is 1. The number of hydrogen-bond donors (Lipinski definition) is 2. The fourth-order valence-electron chi connectivity index (χ4n) is 1.68. The molecule has 0 radical (unpaired) electrons. The topological polar surface area (TPSA) is 58.6 Å². The maximum Gasteiger partial charge on any atom is 0.170 e. The smallest absolute Gasteiger partial charge is 0.170 e. The number of benzene rings is 2. The molecule has 0 aliphatic heterocycles. The van der Waals surface area contributed by atoms with E-state index in [0.29, 0.717) is 15.8 Å². The van der Waals surface area contributed by atoms with Gasteiger partial charge in [0.2, 0.25) is 0 Å². The van der Waals surface area contributed by atoms with Crippen molar-refractivity contribution >= 4 is 40.8 Å². The third-order valence-corrected chi connectivity index (χ3v) is 4.47. The summed E-state index contributed by atoms with van der Waals surface area (Å²) in [5.74, 6) is 0.792. The fraction of sp³-hybridized carbons (Fsp3) is 0.0714. The highest BCUT2D eigenvalue weighted by Crippen LogP contribution is 2.30. The molecule has 3 N–H and O–H groups in total. The van der Waals surface area contributed by atoms with E-state index in [1.165, 1.54) is 0 Å². The normalized spacial score (nSPS) is 11.6. The monoisotopic (exact) mass is 326 g/mol. The molecule has 0 heterocycles. The minimum absolute atomic E-state index is 0.107. The summed E-state index contributed by atoms with van der Waals surface area (Å²) in [5.41, 5.74) is 7.37. The third kappa shape index (κ3) is 3.60. The molecule has 0 bridgehead atoms.